The van der Waals surface area contributed by atoms with Crippen LogP contribution in [0.2, 0.25) is 0 Å². The minimum absolute atomic E-state index is 0. The van der Waals surface area contributed by atoms with Gasteiger partial charge in [0.2, 0.25) is 0 Å². The Kier molecular flexibility index (Phi) is 28.2. The molecular weight excluding hydrogens is 794 g/mol. The molecule has 0 aromatic rings. The second-order valence-electron chi connectivity index (χ2n) is 2.86. The van der Waals surface area contributed by atoms with Gasteiger partial charge in [0.15, 0.2) is 0 Å². The van der Waals surface area contributed by atoms with Crippen molar-refractivity contribution < 1.29 is 176 Å². The van der Waals surface area contributed by atoms with Crippen LogP contribution in [0, 0.1) is 73.7 Å². The summed E-state index contributed by atoms with van der Waals surface area (Å²) in [5, 5.41) is 56.1. The molecule has 0 saturated heterocycles. The van der Waals surface area contributed by atoms with E-state index in [0.717, 1.165) is 0 Å². The average Bonchev–Trinajstić information content (AvgIpc) is 2.42. The summed E-state index contributed by atoms with van der Waals surface area (Å²) in [6.07, 6.45) is -19.0. The smallest absolute Gasteiger partial charge is 0.467 e. The summed E-state index contributed by atoms with van der Waals surface area (Å²) in [4.78, 5) is 85.4. The molecule has 0 radical (unpaired) electrons. The van der Waals surface area contributed by atoms with Crippen molar-refractivity contribution >= 4 is 55.4 Å². The van der Waals surface area contributed by atoms with Crippen molar-refractivity contribution in [3.05, 3.63) is 0 Å². The van der Waals surface area contributed by atoms with E-state index in [4.69, 9.17) is 0 Å². The average molecular weight is 794 g/mol. The molecule has 0 aliphatic rings. The molecule has 0 atom stereocenters. The van der Waals surface area contributed by atoms with Gasteiger partial charge in [-0.15, -0.1) is 0 Å². The zero-order valence-electron chi connectivity index (χ0n) is 13.6. The van der Waals surface area contributed by atoms with Crippen molar-refractivity contribution in [1.29, 1.82) is 0 Å². The maximum Gasteiger partial charge on any atom is 3.00 e. The van der Waals surface area contributed by atoms with Crippen molar-refractivity contribution in [3.63, 3.8) is 0 Å². The summed E-state index contributed by atoms with van der Waals surface area (Å²) < 4.78 is 18.5. The third-order valence-corrected chi connectivity index (χ3v) is 1.000. The quantitative estimate of drug-likeness (QED) is 0.125. The topological polar surface area (TPSA) is 347 Å². The van der Waals surface area contributed by atoms with Gasteiger partial charge in [0.05, 0.1) is 0 Å². The number of hydrogen-bond donors (Lipinski definition) is 0. The maximum absolute atomic E-state index is 9.78. The van der Waals surface area contributed by atoms with E-state index in [1.54, 1.807) is 0 Å². The van der Waals surface area contributed by atoms with E-state index in [9.17, 15) is 73.8 Å². The van der Waals surface area contributed by atoms with Crippen molar-refractivity contribution in [3.8, 4) is 0 Å². The first kappa shape index (κ1) is 39.6. The van der Waals surface area contributed by atoms with Gasteiger partial charge in [0.25, 0.3) is 36.9 Å². The molecule has 0 fully saturated rings. The van der Waals surface area contributed by atoms with Crippen LogP contribution in [0.4, 0.5) is 43.2 Å². The summed E-state index contributed by atoms with van der Waals surface area (Å²) in [6, 6.07) is 0. The summed E-state index contributed by atoms with van der Waals surface area (Å²) in [5.41, 5.74) is 0. The molecule has 192 valence electrons. The molecule has 0 aromatic carbocycles. The number of hydrogen-bond acceptors (Lipinski definition) is 21. The summed E-state index contributed by atoms with van der Waals surface area (Å²) in [6.45, 7) is 0. The van der Waals surface area contributed by atoms with Crippen molar-refractivity contribution in [2.45, 2.75) is 0 Å². The summed E-state index contributed by atoms with van der Waals surface area (Å²) >= 11 is 0. The van der Waals surface area contributed by atoms with Gasteiger partial charge in [0, 0.05) is 0 Å². The second kappa shape index (κ2) is 22.8. The standard InChI is InChI=1S/3C3H2O7.2Lu/c3*4-1(5)9-3(8)10-2(6)7;;/h3*(H,4,5)(H,6,7);;/q;;;2*+3/p-6. The van der Waals surface area contributed by atoms with Crippen LogP contribution in [0.1, 0.15) is 0 Å². The van der Waals surface area contributed by atoms with E-state index in [1.165, 1.54) is 0 Å². The van der Waals surface area contributed by atoms with Crippen LogP contribution in [0.5, 0.6) is 0 Å². The van der Waals surface area contributed by atoms with Crippen LogP contribution < -0.4 is 30.6 Å². The first-order valence-corrected chi connectivity index (χ1v) is 5.51. The number of carbonyl (C=O) groups excluding carboxylic acids is 9. The predicted octanol–water partition coefficient (Wildman–Crippen LogP) is -6.52. The Hall–Kier alpha value is -2.90. The molecule has 0 heterocycles. The number of carbonyl (C=O) groups is 9. The molecule has 0 aliphatic heterocycles. The SMILES string of the molecule is O=C([O-])OC(=O)OC(=O)[O-].O=C([O-])OC(=O)OC(=O)[O-].O=C([O-])OC(=O)OC(=O)[O-].[Lu+3].[Lu+3]. The fraction of sp³-hybridized carbons (Fsp3) is 0. The van der Waals surface area contributed by atoms with E-state index in [1.807, 2.05) is 0 Å². The summed E-state index contributed by atoms with van der Waals surface area (Å²) in [5.74, 6) is 0. The van der Waals surface area contributed by atoms with Gasteiger partial charge < -0.3 is 87.8 Å². The Balaban J connectivity index is -0.000000110. The number of rotatable bonds is 0. The second-order valence-corrected chi connectivity index (χ2v) is 2.86. The van der Waals surface area contributed by atoms with Gasteiger partial charge in [0.1, 0.15) is 0 Å². The monoisotopic (exact) mass is 794 g/mol. The van der Waals surface area contributed by atoms with Gasteiger partial charge in [-0.05, 0) is 0 Å². The van der Waals surface area contributed by atoms with E-state index >= 15 is 0 Å². The van der Waals surface area contributed by atoms with E-state index in [-0.39, 0.29) is 73.7 Å². The van der Waals surface area contributed by atoms with Crippen molar-refractivity contribution in [2.24, 2.45) is 0 Å². The Morgan fingerprint density at radius 2 is 0.406 bits per heavy atom. The molecule has 21 nitrogen and oxygen atoms in total. The van der Waals surface area contributed by atoms with E-state index in [2.05, 4.69) is 28.4 Å². The zero-order chi connectivity index (χ0) is 24.4. The molecular formula is C9Lu2O21. The molecule has 0 unspecified atom stereocenters. The largest absolute Gasteiger partial charge is 3.00 e. The number of carboxylic acid groups (broad SMARTS) is 6. The molecule has 23 heteroatoms. The van der Waals surface area contributed by atoms with Gasteiger partial charge in [-0.2, -0.15) is 0 Å². The van der Waals surface area contributed by atoms with Crippen LogP contribution in [0.15, 0.2) is 0 Å². The summed E-state index contributed by atoms with van der Waals surface area (Å²) in [7, 11) is 0. The zero-order valence-corrected chi connectivity index (χ0v) is 16.9. The maximum atomic E-state index is 9.78. The van der Waals surface area contributed by atoms with Gasteiger partial charge in [-0.1, -0.05) is 0 Å². The van der Waals surface area contributed by atoms with E-state index < -0.39 is 55.4 Å². The molecule has 0 amide bonds. The minimum Gasteiger partial charge on any atom is -0.467 e. The van der Waals surface area contributed by atoms with Gasteiger partial charge in [-0.3, -0.25) is 0 Å². The van der Waals surface area contributed by atoms with Crippen LogP contribution in [-0.4, -0.2) is 55.4 Å². The third kappa shape index (κ3) is 41.5. The molecule has 0 spiro atoms. The molecule has 0 aliphatic carbocycles. The molecule has 0 saturated carbocycles. The van der Waals surface area contributed by atoms with Crippen LogP contribution in [-0.2, 0) is 28.4 Å². The Morgan fingerprint density at radius 1 is 0.312 bits per heavy atom. The normalized spacial score (nSPS) is 7.50. The number of ether oxygens (including phenoxy) is 6. The predicted molar refractivity (Wildman–Crippen MR) is 55.1 cm³/mol. The van der Waals surface area contributed by atoms with Gasteiger partial charge >= 0.3 is 92.2 Å². The third-order valence-electron chi connectivity index (χ3n) is 1.000. The van der Waals surface area contributed by atoms with E-state index in [0.29, 0.717) is 0 Å². The van der Waals surface area contributed by atoms with Crippen LogP contribution in [0.25, 0.3) is 0 Å². The fourth-order valence-corrected chi connectivity index (χ4v) is 0.471. The van der Waals surface area contributed by atoms with Crippen molar-refractivity contribution in [1.82, 2.24) is 0 Å². The van der Waals surface area contributed by atoms with Crippen LogP contribution in [0.3, 0.4) is 0 Å². The van der Waals surface area contributed by atoms with Gasteiger partial charge in [-0.25, -0.2) is 14.4 Å². The minimum atomic E-state index is -2.20. The molecule has 0 bridgehead atoms. The Morgan fingerprint density at radius 3 is 0.469 bits per heavy atom. The Labute approximate surface area is 229 Å². The molecule has 0 N–H and O–H groups in total. The first-order chi connectivity index (χ1) is 13.6. The molecule has 32 heavy (non-hydrogen) atoms. The van der Waals surface area contributed by atoms with Crippen molar-refractivity contribution in [2.75, 3.05) is 0 Å². The van der Waals surface area contributed by atoms with Crippen LogP contribution >= 0.6 is 0 Å². The molecule has 0 aromatic heterocycles. The Bertz CT molecular complexity index is 561. The fourth-order valence-electron chi connectivity index (χ4n) is 0.471. The molecule has 0 rings (SSSR count). The first-order valence-electron chi connectivity index (χ1n) is 5.51.